The van der Waals surface area contributed by atoms with Crippen molar-refractivity contribution in [2.45, 2.75) is 65.0 Å². The topological polar surface area (TPSA) is 70.1 Å². The number of ketones is 1. The molecule has 1 heterocycles. The fourth-order valence-corrected chi connectivity index (χ4v) is 5.24. The first-order valence-corrected chi connectivity index (χ1v) is 13.0. The summed E-state index contributed by atoms with van der Waals surface area (Å²) >= 11 is 0. The van der Waals surface area contributed by atoms with Crippen molar-refractivity contribution in [3.8, 4) is 5.75 Å². The normalized spacial score (nSPS) is 20.3. The number of benzene rings is 2. The molecule has 2 aromatic rings. The second-order valence-corrected chi connectivity index (χ2v) is 10.7. The van der Waals surface area contributed by atoms with Crippen molar-refractivity contribution < 1.29 is 19.4 Å². The van der Waals surface area contributed by atoms with E-state index in [2.05, 4.69) is 13.8 Å². The number of likely N-dealkylation sites (tertiary alicyclic amines) is 1. The molecule has 2 fully saturated rings. The van der Waals surface area contributed by atoms with Gasteiger partial charge in [-0.05, 0) is 67.1 Å². The molecule has 6 nitrogen and oxygen atoms in total. The Bertz CT molecular complexity index is 1140. The van der Waals surface area contributed by atoms with E-state index in [1.54, 1.807) is 11.0 Å². The number of anilines is 1. The highest BCUT2D eigenvalue weighted by Crippen LogP contribution is 2.43. The van der Waals surface area contributed by atoms with Crippen LogP contribution in [0.3, 0.4) is 0 Å². The van der Waals surface area contributed by atoms with Gasteiger partial charge in [-0.2, -0.15) is 0 Å². The van der Waals surface area contributed by atoms with Crippen LogP contribution in [0, 0.1) is 12.8 Å². The molecule has 36 heavy (non-hydrogen) atoms. The van der Waals surface area contributed by atoms with E-state index in [-0.39, 0.29) is 17.4 Å². The van der Waals surface area contributed by atoms with E-state index in [9.17, 15) is 14.7 Å². The molecule has 6 heteroatoms. The smallest absolute Gasteiger partial charge is 0.295 e. The van der Waals surface area contributed by atoms with Crippen LogP contribution in [0.4, 0.5) is 5.69 Å². The summed E-state index contributed by atoms with van der Waals surface area (Å²) in [6.45, 7) is 6.70. The molecule has 1 aliphatic heterocycles. The molecule has 0 radical (unpaired) electrons. The first-order chi connectivity index (χ1) is 17.2. The number of carbonyl (C=O) groups is 2. The summed E-state index contributed by atoms with van der Waals surface area (Å²) in [6, 6.07) is 12.7. The molecule has 0 bridgehead atoms. The number of hydrogen-bond acceptors (Lipinski definition) is 5. The molecule has 2 aromatic carbocycles. The summed E-state index contributed by atoms with van der Waals surface area (Å²) in [5, 5.41) is 11.5. The fraction of sp³-hybridized carbons (Fsp3) is 0.467. The van der Waals surface area contributed by atoms with Gasteiger partial charge in [-0.15, -0.1) is 0 Å². The van der Waals surface area contributed by atoms with E-state index in [1.807, 2.05) is 62.3 Å². The van der Waals surface area contributed by atoms with Crippen LogP contribution in [0.15, 0.2) is 48.0 Å². The van der Waals surface area contributed by atoms with Gasteiger partial charge in [0.05, 0.1) is 18.2 Å². The molecule has 1 N–H and O–H groups in total. The van der Waals surface area contributed by atoms with Crippen LogP contribution in [-0.4, -0.2) is 48.4 Å². The Morgan fingerprint density at radius 3 is 2.31 bits per heavy atom. The van der Waals surface area contributed by atoms with Gasteiger partial charge in [-0.3, -0.25) is 9.59 Å². The van der Waals surface area contributed by atoms with Gasteiger partial charge in [0.1, 0.15) is 11.5 Å². The molecule has 1 saturated heterocycles. The van der Waals surface area contributed by atoms with Gasteiger partial charge in [0.15, 0.2) is 0 Å². The van der Waals surface area contributed by atoms with Crippen LogP contribution in [0.1, 0.15) is 68.7 Å². The minimum atomic E-state index is -0.613. The number of carbonyl (C=O) groups excluding carboxylic acids is 2. The highest BCUT2D eigenvalue weighted by molar-refractivity contribution is 6.46. The van der Waals surface area contributed by atoms with Gasteiger partial charge in [0, 0.05) is 31.4 Å². The van der Waals surface area contributed by atoms with E-state index in [4.69, 9.17) is 4.74 Å². The van der Waals surface area contributed by atoms with Crippen molar-refractivity contribution in [2.24, 2.45) is 5.92 Å². The summed E-state index contributed by atoms with van der Waals surface area (Å²) in [7, 11) is 3.94. The van der Waals surface area contributed by atoms with Crippen LogP contribution in [0.5, 0.6) is 5.75 Å². The minimum absolute atomic E-state index is 0.00688. The summed E-state index contributed by atoms with van der Waals surface area (Å²) < 4.78 is 5.88. The Labute approximate surface area is 214 Å². The van der Waals surface area contributed by atoms with Crippen molar-refractivity contribution in [2.75, 3.05) is 25.6 Å². The number of nitrogens with zero attached hydrogens (tertiary/aromatic N) is 2. The Morgan fingerprint density at radius 2 is 1.72 bits per heavy atom. The largest absolute Gasteiger partial charge is 0.507 e. The summed E-state index contributed by atoms with van der Waals surface area (Å²) in [4.78, 5) is 30.6. The molecule has 4 rings (SSSR count). The Hall–Kier alpha value is -3.28. The number of ether oxygens (including phenoxy) is 1. The summed E-state index contributed by atoms with van der Waals surface area (Å²) in [5.74, 6) is -0.117. The molecular weight excluding hydrogens is 452 g/mol. The van der Waals surface area contributed by atoms with Gasteiger partial charge in [0.25, 0.3) is 11.7 Å². The predicted molar refractivity (Wildman–Crippen MR) is 143 cm³/mol. The Balaban J connectivity index is 1.79. The van der Waals surface area contributed by atoms with Crippen molar-refractivity contribution in [1.29, 1.82) is 0 Å². The monoisotopic (exact) mass is 490 g/mol. The lowest BCUT2D eigenvalue weighted by atomic mass is 9.90. The van der Waals surface area contributed by atoms with Crippen molar-refractivity contribution in [3.05, 3.63) is 64.7 Å². The van der Waals surface area contributed by atoms with E-state index in [1.165, 1.54) is 0 Å². The lowest BCUT2D eigenvalue weighted by Gasteiger charge is -2.35. The number of amides is 1. The third kappa shape index (κ3) is 5.13. The molecular formula is C30H38N2O4. The van der Waals surface area contributed by atoms with E-state index in [0.29, 0.717) is 18.1 Å². The van der Waals surface area contributed by atoms with Crippen molar-refractivity contribution in [1.82, 2.24) is 4.90 Å². The first-order valence-electron chi connectivity index (χ1n) is 13.0. The lowest BCUT2D eigenvalue weighted by Crippen LogP contribution is -2.40. The Morgan fingerprint density at radius 1 is 1.06 bits per heavy atom. The number of aliphatic hydroxyl groups excluding tert-OH is 1. The quantitative estimate of drug-likeness (QED) is 0.299. The highest BCUT2D eigenvalue weighted by Gasteiger charge is 2.48. The lowest BCUT2D eigenvalue weighted by molar-refractivity contribution is -0.141. The molecule has 1 amide bonds. The molecule has 1 unspecified atom stereocenters. The van der Waals surface area contributed by atoms with Crippen LogP contribution in [-0.2, 0) is 9.59 Å². The standard InChI is InChI=1S/C30H38N2O4/c1-19(2)18-36-25-16-13-22(17-20(25)3)28(33)26-27(21-11-14-23(15-12-21)31(4)5)32(30(35)29(26)34)24-9-7-6-8-10-24/h11-17,19,24,27,33H,6-10,18H2,1-5H3/b28-26-. The number of hydrogen-bond donors (Lipinski definition) is 1. The van der Waals surface area contributed by atoms with Crippen molar-refractivity contribution in [3.63, 3.8) is 0 Å². The molecule has 192 valence electrons. The van der Waals surface area contributed by atoms with Gasteiger partial charge in [-0.1, -0.05) is 45.2 Å². The summed E-state index contributed by atoms with van der Waals surface area (Å²) in [6.07, 6.45) is 4.97. The first kappa shape index (κ1) is 25.8. The summed E-state index contributed by atoms with van der Waals surface area (Å²) in [5.41, 5.74) is 3.41. The fourth-order valence-electron chi connectivity index (χ4n) is 5.24. The number of Topliss-reactive ketones (excluding diaryl/α,β-unsaturated/α-hetero) is 1. The van der Waals surface area contributed by atoms with Crippen LogP contribution in [0.25, 0.3) is 5.76 Å². The zero-order valence-corrected chi connectivity index (χ0v) is 22.1. The van der Waals surface area contributed by atoms with Gasteiger partial charge in [-0.25, -0.2) is 0 Å². The molecule has 1 atom stereocenters. The van der Waals surface area contributed by atoms with E-state index in [0.717, 1.165) is 54.7 Å². The average molecular weight is 491 g/mol. The number of rotatable bonds is 7. The van der Waals surface area contributed by atoms with Gasteiger partial charge >= 0.3 is 0 Å². The zero-order chi connectivity index (χ0) is 26.0. The third-order valence-corrected chi connectivity index (χ3v) is 7.19. The number of aliphatic hydroxyl groups is 1. The van der Waals surface area contributed by atoms with Gasteiger partial charge in [0.2, 0.25) is 0 Å². The molecule has 0 spiro atoms. The maximum atomic E-state index is 13.4. The van der Waals surface area contributed by atoms with Crippen molar-refractivity contribution >= 4 is 23.1 Å². The van der Waals surface area contributed by atoms with Crippen LogP contribution >= 0.6 is 0 Å². The van der Waals surface area contributed by atoms with Gasteiger partial charge < -0.3 is 19.6 Å². The van der Waals surface area contributed by atoms with E-state index < -0.39 is 17.7 Å². The molecule has 0 aromatic heterocycles. The SMILES string of the molecule is Cc1cc(/C(O)=C2/C(=O)C(=O)N(C3CCCCC3)C2c2ccc(N(C)C)cc2)ccc1OCC(C)C. The maximum Gasteiger partial charge on any atom is 0.295 e. The zero-order valence-electron chi connectivity index (χ0n) is 22.1. The minimum Gasteiger partial charge on any atom is -0.507 e. The highest BCUT2D eigenvalue weighted by atomic mass is 16.5. The number of aryl methyl sites for hydroxylation is 1. The van der Waals surface area contributed by atoms with Crippen LogP contribution in [0.2, 0.25) is 0 Å². The molecule has 1 saturated carbocycles. The molecule has 2 aliphatic rings. The predicted octanol–water partition coefficient (Wildman–Crippen LogP) is 5.85. The Kier molecular flexibility index (Phi) is 7.72. The molecule has 1 aliphatic carbocycles. The third-order valence-electron chi connectivity index (χ3n) is 7.19. The van der Waals surface area contributed by atoms with E-state index >= 15 is 0 Å². The second-order valence-electron chi connectivity index (χ2n) is 10.7. The average Bonchev–Trinajstić information content (AvgIpc) is 3.13. The second kappa shape index (κ2) is 10.8. The maximum absolute atomic E-state index is 13.4. The van der Waals surface area contributed by atoms with Crippen LogP contribution < -0.4 is 9.64 Å².